The summed E-state index contributed by atoms with van der Waals surface area (Å²) in [6.07, 6.45) is 1.79. The summed E-state index contributed by atoms with van der Waals surface area (Å²) in [6.45, 7) is 4.24. The van der Waals surface area contributed by atoms with Gasteiger partial charge in [-0.2, -0.15) is 0 Å². The molecule has 0 spiro atoms. The number of aromatic nitrogens is 1. The summed E-state index contributed by atoms with van der Waals surface area (Å²) in [5.74, 6) is 0.319. The Hall–Kier alpha value is -2.88. The Labute approximate surface area is 204 Å². The molecule has 1 saturated heterocycles. The number of rotatable bonds is 5. The number of guanidine groups is 1. The van der Waals surface area contributed by atoms with Crippen LogP contribution in [0.2, 0.25) is 0 Å². The van der Waals surface area contributed by atoms with Crippen molar-refractivity contribution in [1.82, 2.24) is 9.47 Å². The van der Waals surface area contributed by atoms with Gasteiger partial charge in [0.15, 0.2) is 5.96 Å². The predicted octanol–water partition coefficient (Wildman–Crippen LogP) is 3.29. The molecule has 0 saturated carbocycles. The second kappa shape index (κ2) is 11.1. The number of nitrogens with two attached hydrogens (primary N) is 1. The van der Waals surface area contributed by atoms with Gasteiger partial charge in [-0.15, -0.1) is 24.0 Å². The van der Waals surface area contributed by atoms with Crippen LogP contribution in [-0.2, 0) is 13.1 Å². The minimum absolute atomic E-state index is 0. The molecule has 2 N–H and O–H groups in total. The first kappa shape index (κ1) is 23.8. The van der Waals surface area contributed by atoms with Gasteiger partial charge in [0.05, 0.1) is 13.1 Å². The maximum Gasteiger partial charge on any atom is 0.250 e. The SMILES string of the molecule is I.NC(=NCc1ccc(Cn2ccccc2=O)cc1)N1CCN(c2ccc(F)cc2)CC1. The second-order valence-corrected chi connectivity index (χ2v) is 7.61. The van der Waals surface area contributed by atoms with Gasteiger partial charge in [-0.1, -0.05) is 30.3 Å². The standard InChI is InChI=1S/C24H26FN5O.HI/c25-21-8-10-22(11-9-21)28-13-15-29(16-14-28)24(26)27-17-19-4-6-20(7-5-19)18-30-12-2-1-3-23(30)31;/h1-12H,13-18H2,(H2,26,27);1H. The number of anilines is 1. The smallest absolute Gasteiger partial charge is 0.250 e. The van der Waals surface area contributed by atoms with Gasteiger partial charge >= 0.3 is 0 Å². The fourth-order valence-corrected chi connectivity index (χ4v) is 3.66. The van der Waals surface area contributed by atoms with Crippen molar-refractivity contribution >= 4 is 35.6 Å². The zero-order chi connectivity index (χ0) is 21.6. The summed E-state index contributed by atoms with van der Waals surface area (Å²) in [6, 6.07) is 19.8. The van der Waals surface area contributed by atoms with Crippen LogP contribution in [0, 0.1) is 5.82 Å². The fourth-order valence-electron chi connectivity index (χ4n) is 3.66. The molecule has 6 nitrogen and oxygen atoms in total. The van der Waals surface area contributed by atoms with E-state index in [1.54, 1.807) is 35.0 Å². The summed E-state index contributed by atoms with van der Waals surface area (Å²) >= 11 is 0. The van der Waals surface area contributed by atoms with Gasteiger partial charge in [-0.3, -0.25) is 4.79 Å². The summed E-state index contributed by atoms with van der Waals surface area (Å²) in [5.41, 5.74) is 9.36. The van der Waals surface area contributed by atoms with Crippen molar-refractivity contribution in [3.63, 3.8) is 0 Å². The number of pyridine rings is 1. The van der Waals surface area contributed by atoms with Crippen molar-refractivity contribution in [1.29, 1.82) is 0 Å². The Bertz CT molecular complexity index is 1090. The van der Waals surface area contributed by atoms with Crippen molar-refractivity contribution in [2.45, 2.75) is 13.1 Å². The molecule has 0 aliphatic carbocycles. The average molecular weight is 547 g/mol. The molecule has 1 aliphatic heterocycles. The Balaban J connectivity index is 0.00000289. The number of benzene rings is 2. The highest BCUT2D eigenvalue weighted by Crippen LogP contribution is 2.17. The van der Waals surface area contributed by atoms with Crippen LogP contribution in [0.4, 0.5) is 10.1 Å². The molecule has 3 aromatic rings. The Morgan fingerprint density at radius 2 is 1.56 bits per heavy atom. The lowest BCUT2D eigenvalue weighted by molar-refractivity contribution is 0.380. The van der Waals surface area contributed by atoms with E-state index < -0.39 is 0 Å². The third-order valence-electron chi connectivity index (χ3n) is 5.49. The molecule has 32 heavy (non-hydrogen) atoms. The molecular weight excluding hydrogens is 520 g/mol. The summed E-state index contributed by atoms with van der Waals surface area (Å²) in [5, 5.41) is 0. The number of aliphatic imine (C=N–C) groups is 1. The Morgan fingerprint density at radius 1 is 0.906 bits per heavy atom. The van der Waals surface area contributed by atoms with Crippen LogP contribution in [0.5, 0.6) is 0 Å². The van der Waals surface area contributed by atoms with Crippen LogP contribution in [0.1, 0.15) is 11.1 Å². The maximum absolute atomic E-state index is 13.1. The predicted molar refractivity (Wildman–Crippen MR) is 137 cm³/mol. The number of hydrogen-bond acceptors (Lipinski definition) is 3. The van der Waals surface area contributed by atoms with E-state index in [9.17, 15) is 9.18 Å². The number of halogens is 2. The fraction of sp³-hybridized carbons (Fsp3) is 0.250. The van der Waals surface area contributed by atoms with E-state index in [1.165, 1.54) is 12.1 Å². The lowest BCUT2D eigenvalue weighted by atomic mass is 10.1. The minimum atomic E-state index is -0.222. The topological polar surface area (TPSA) is 66.9 Å². The molecule has 1 aromatic heterocycles. The van der Waals surface area contributed by atoms with E-state index in [0.29, 0.717) is 19.0 Å². The van der Waals surface area contributed by atoms with Crippen LogP contribution >= 0.6 is 24.0 Å². The number of nitrogens with zero attached hydrogens (tertiary/aromatic N) is 4. The average Bonchev–Trinajstić information content (AvgIpc) is 2.80. The van der Waals surface area contributed by atoms with Crippen molar-refractivity contribution in [2.75, 3.05) is 31.1 Å². The molecule has 2 heterocycles. The van der Waals surface area contributed by atoms with Gasteiger partial charge < -0.3 is 20.1 Å². The van der Waals surface area contributed by atoms with Crippen LogP contribution in [0.3, 0.4) is 0 Å². The molecule has 8 heteroatoms. The second-order valence-electron chi connectivity index (χ2n) is 7.61. The maximum atomic E-state index is 13.1. The van der Waals surface area contributed by atoms with E-state index in [1.807, 2.05) is 30.3 Å². The quantitative estimate of drug-likeness (QED) is 0.303. The van der Waals surface area contributed by atoms with Gasteiger partial charge in [0.1, 0.15) is 5.82 Å². The molecule has 0 amide bonds. The summed E-state index contributed by atoms with van der Waals surface area (Å²) in [7, 11) is 0. The van der Waals surface area contributed by atoms with E-state index in [2.05, 4.69) is 14.8 Å². The van der Waals surface area contributed by atoms with Crippen molar-refractivity contribution in [3.8, 4) is 0 Å². The summed E-state index contributed by atoms with van der Waals surface area (Å²) < 4.78 is 14.8. The third-order valence-corrected chi connectivity index (χ3v) is 5.49. The molecule has 0 radical (unpaired) electrons. The normalized spacial score (nSPS) is 14.2. The van der Waals surface area contributed by atoms with Crippen LogP contribution in [0.25, 0.3) is 0 Å². The molecule has 0 bridgehead atoms. The van der Waals surface area contributed by atoms with E-state index in [4.69, 9.17) is 5.73 Å². The third kappa shape index (κ3) is 6.09. The monoisotopic (exact) mass is 547 g/mol. The van der Waals surface area contributed by atoms with Crippen molar-refractivity contribution in [2.24, 2.45) is 10.7 Å². The molecular formula is C24H27FIN5O. The molecule has 168 valence electrons. The minimum Gasteiger partial charge on any atom is -0.370 e. The highest BCUT2D eigenvalue weighted by Gasteiger charge is 2.18. The zero-order valence-corrected chi connectivity index (χ0v) is 20.1. The van der Waals surface area contributed by atoms with E-state index in [-0.39, 0.29) is 35.4 Å². The molecule has 2 aromatic carbocycles. The highest BCUT2D eigenvalue weighted by molar-refractivity contribution is 14.0. The zero-order valence-electron chi connectivity index (χ0n) is 17.7. The molecule has 1 aliphatic rings. The molecule has 4 rings (SSSR count). The first-order valence-corrected chi connectivity index (χ1v) is 10.4. The highest BCUT2D eigenvalue weighted by atomic mass is 127. The molecule has 0 atom stereocenters. The Kier molecular flexibility index (Phi) is 8.26. The lowest BCUT2D eigenvalue weighted by Gasteiger charge is -2.36. The molecule has 0 unspecified atom stereocenters. The van der Waals surface area contributed by atoms with Gasteiger partial charge in [0, 0.05) is 44.1 Å². The van der Waals surface area contributed by atoms with E-state index in [0.717, 1.165) is 43.0 Å². The van der Waals surface area contributed by atoms with Gasteiger partial charge in [-0.05, 0) is 41.5 Å². The summed E-state index contributed by atoms with van der Waals surface area (Å²) in [4.78, 5) is 20.7. The van der Waals surface area contributed by atoms with Crippen molar-refractivity contribution < 1.29 is 4.39 Å². The first-order chi connectivity index (χ1) is 15.1. The largest absolute Gasteiger partial charge is 0.370 e. The van der Waals surface area contributed by atoms with Crippen LogP contribution in [0.15, 0.2) is 82.7 Å². The number of piperazine rings is 1. The van der Waals surface area contributed by atoms with Gasteiger partial charge in [0.25, 0.3) is 5.56 Å². The first-order valence-electron chi connectivity index (χ1n) is 10.4. The van der Waals surface area contributed by atoms with Crippen molar-refractivity contribution in [3.05, 3.63) is 100 Å². The van der Waals surface area contributed by atoms with Gasteiger partial charge in [0.2, 0.25) is 0 Å². The van der Waals surface area contributed by atoms with E-state index >= 15 is 0 Å². The Morgan fingerprint density at radius 3 is 2.22 bits per heavy atom. The van der Waals surface area contributed by atoms with Gasteiger partial charge in [-0.25, -0.2) is 9.38 Å². The number of hydrogen-bond donors (Lipinski definition) is 1. The van der Waals surface area contributed by atoms with Crippen LogP contribution in [-0.4, -0.2) is 41.6 Å². The van der Waals surface area contributed by atoms with Crippen LogP contribution < -0.4 is 16.2 Å². The molecule has 1 fully saturated rings. The lowest BCUT2D eigenvalue weighted by Crippen LogP contribution is -2.51.